The van der Waals surface area contributed by atoms with Gasteiger partial charge in [0.05, 0.1) is 34.7 Å². The number of aryl methyl sites for hydroxylation is 1. The van der Waals surface area contributed by atoms with Crippen LogP contribution < -0.4 is 0 Å². The molecular weight excluding hydrogens is 328 g/mol. The lowest BCUT2D eigenvalue weighted by molar-refractivity contribution is 0.0601. The Hall–Kier alpha value is -2.28. The minimum atomic E-state index is -1.59. The summed E-state index contributed by atoms with van der Waals surface area (Å²) in [7, 11) is -0.287. The number of nitrogens with zero attached hydrogens (tertiary/aromatic N) is 1. The third kappa shape index (κ3) is 3.31. The maximum atomic E-state index is 12.5. The first-order valence-corrected chi connectivity index (χ1v) is 8.48. The third-order valence-corrected chi connectivity index (χ3v) is 5.08. The summed E-state index contributed by atoms with van der Waals surface area (Å²) in [5.74, 6) is -0.391. The molecule has 0 radical (unpaired) electrons. The van der Waals surface area contributed by atoms with E-state index in [4.69, 9.17) is 14.7 Å². The van der Waals surface area contributed by atoms with Gasteiger partial charge in [0, 0.05) is 10.3 Å². The summed E-state index contributed by atoms with van der Waals surface area (Å²) in [5, 5.41) is 12.0. The highest BCUT2D eigenvalue weighted by molar-refractivity contribution is 8.02. The Kier molecular flexibility index (Phi) is 5.03. The Morgan fingerprint density at radius 2 is 1.92 bits per heavy atom. The molecule has 0 saturated heterocycles. The lowest BCUT2D eigenvalue weighted by atomic mass is 9.98. The van der Waals surface area contributed by atoms with Gasteiger partial charge >= 0.3 is 5.97 Å². The molecule has 2 aromatic rings. The van der Waals surface area contributed by atoms with E-state index >= 15 is 0 Å². The van der Waals surface area contributed by atoms with Crippen molar-refractivity contribution in [3.8, 4) is 11.1 Å². The molecule has 0 amide bonds. The highest BCUT2D eigenvalue weighted by atomic mass is 32.2. The fraction of sp³-hybridized carbons (Fsp3) is 0.353. The fourth-order valence-electron chi connectivity index (χ4n) is 2.22. The lowest BCUT2D eigenvalue weighted by Gasteiger charge is -2.17. The minimum Gasteiger partial charge on any atom is -0.465 e. The van der Waals surface area contributed by atoms with E-state index in [-0.39, 0.29) is 10.8 Å². The van der Waals surface area contributed by atoms with E-state index < -0.39 is 21.5 Å². The van der Waals surface area contributed by atoms with Crippen molar-refractivity contribution in [1.29, 1.82) is 5.41 Å². The summed E-state index contributed by atoms with van der Waals surface area (Å²) in [6.45, 7) is 7.05. The van der Waals surface area contributed by atoms with Crippen LogP contribution >= 0.6 is 0 Å². The molecule has 128 valence electrons. The van der Waals surface area contributed by atoms with Crippen LogP contribution in [0.2, 0.25) is 0 Å². The van der Waals surface area contributed by atoms with Crippen molar-refractivity contribution in [2.75, 3.05) is 7.11 Å². The topological polar surface area (TPSA) is 93.2 Å². The Morgan fingerprint density at radius 3 is 2.50 bits per heavy atom. The van der Waals surface area contributed by atoms with Crippen molar-refractivity contribution in [1.82, 2.24) is 5.16 Å². The Morgan fingerprint density at radius 1 is 1.29 bits per heavy atom. The second kappa shape index (κ2) is 6.68. The lowest BCUT2D eigenvalue weighted by Crippen LogP contribution is -2.28. The summed E-state index contributed by atoms with van der Waals surface area (Å²) < 4.78 is 22.0. The van der Waals surface area contributed by atoms with Crippen molar-refractivity contribution in [3.63, 3.8) is 0 Å². The summed E-state index contributed by atoms with van der Waals surface area (Å²) >= 11 is 0. The molecule has 0 fully saturated rings. The molecule has 1 aromatic carbocycles. The van der Waals surface area contributed by atoms with Crippen molar-refractivity contribution in [3.05, 3.63) is 41.3 Å². The zero-order chi connectivity index (χ0) is 18.1. The monoisotopic (exact) mass is 348 g/mol. The van der Waals surface area contributed by atoms with Gasteiger partial charge in [-0.1, -0.05) is 23.4 Å². The fourth-order valence-corrected chi connectivity index (χ4v) is 3.14. The molecular formula is C17H20N2O4S. The maximum Gasteiger partial charge on any atom is 0.338 e. The molecule has 0 bridgehead atoms. The van der Waals surface area contributed by atoms with E-state index in [1.165, 1.54) is 7.11 Å². The molecule has 1 N–H and O–H groups in total. The predicted octanol–water partition coefficient (Wildman–Crippen LogP) is 3.31. The zero-order valence-corrected chi connectivity index (χ0v) is 15.1. The van der Waals surface area contributed by atoms with Gasteiger partial charge in [-0.3, -0.25) is 9.62 Å². The van der Waals surface area contributed by atoms with Crippen LogP contribution in [0.3, 0.4) is 0 Å². The Bertz CT molecular complexity index is 818. The molecule has 24 heavy (non-hydrogen) atoms. The van der Waals surface area contributed by atoms with Crippen molar-refractivity contribution in [2.45, 2.75) is 32.4 Å². The van der Waals surface area contributed by atoms with Crippen LogP contribution in [0.25, 0.3) is 11.1 Å². The molecule has 1 atom stereocenters. The van der Waals surface area contributed by atoms with Gasteiger partial charge in [0.1, 0.15) is 0 Å². The molecule has 6 nitrogen and oxygen atoms in total. The molecule has 7 heteroatoms. The molecule has 1 heterocycles. The first kappa shape index (κ1) is 18.1. The number of esters is 1. The number of rotatable bonds is 3. The van der Waals surface area contributed by atoms with Gasteiger partial charge in [0.25, 0.3) is 0 Å². The molecule has 0 spiro atoms. The number of aromatic nitrogens is 1. The van der Waals surface area contributed by atoms with Crippen LogP contribution in [0.5, 0.6) is 0 Å². The Labute approximate surface area is 143 Å². The molecule has 0 aliphatic heterocycles. The molecule has 0 aliphatic rings. The van der Waals surface area contributed by atoms with Crippen LogP contribution in [-0.2, 0) is 15.5 Å². The average molecular weight is 348 g/mol. The van der Waals surface area contributed by atoms with Crippen LogP contribution in [-0.4, -0.2) is 32.2 Å². The summed E-state index contributed by atoms with van der Waals surface area (Å²) in [6.07, 6.45) is 0. The largest absolute Gasteiger partial charge is 0.465 e. The van der Waals surface area contributed by atoms with E-state index in [0.29, 0.717) is 22.4 Å². The van der Waals surface area contributed by atoms with Gasteiger partial charge in [0.15, 0.2) is 5.04 Å². The average Bonchev–Trinajstić information content (AvgIpc) is 2.93. The van der Waals surface area contributed by atoms with E-state index in [1.807, 2.05) is 0 Å². The smallest absolute Gasteiger partial charge is 0.338 e. The number of hydrogen-bond donors (Lipinski definition) is 1. The van der Waals surface area contributed by atoms with E-state index in [1.54, 1.807) is 52.0 Å². The second-order valence-electron chi connectivity index (χ2n) is 6.22. The van der Waals surface area contributed by atoms with Crippen molar-refractivity contribution < 1.29 is 18.3 Å². The number of ether oxygens (including phenoxy) is 1. The van der Waals surface area contributed by atoms with E-state index in [2.05, 4.69) is 5.16 Å². The number of carbonyl (C=O) groups is 1. The van der Waals surface area contributed by atoms with Crippen LogP contribution in [0, 0.1) is 12.3 Å². The predicted molar refractivity (Wildman–Crippen MR) is 92.7 cm³/mol. The number of nitrogens with one attached hydrogen (secondary N) is 1. The Balaban J connectivity index is 2.63. The van der Waals surface area contributed by atoms with Crippen molar-refractivity contribution in [2.24, 2.45) is 0 Å². The van der Waals surface area contributed by atoms with Gasteiger partial charge in [0.2, 0.25) is 5.76 Å². The van der Waals surface area contributed by atoms with Crippen LogP contribution in [0.15, 0.2) is 28.8 Å². The SMILES string of the molecule is COC(=O)c1ccccc1-c1c(C)noc1C(=N)[S@@](=O)C(C)(C)C. The van der Waals surface area contributed by atoms with E-state index in [0.717, 1.165) is 0 Å². The molecule has 0 aliphatic carbocycles. The molecule has 0 unspecified atom stereocenters. The summed E-state index contributed by atoms with van der Waals surface area (Å²) in [5.41, 5.74) is 1.87. The van der Waals surface area contributed by atoms with Gasteiger partial charge < -0.3 is 9.26 Å². The molecule has 0 saturated carbocycles. The quantitative estimate of drug-likeness (QED) is 0.522. The van der Waals surface area contributed by atoms with Crippen LogP contribution in [0.1, 0.15) is 42.6 Å². The van der Waals surface area contributed by atoms with Gasteiger partial charge in [-0.2, -0.15) is 0 Å². The van der Waals surface area contributed by atoms with Gasteiger partial charge in [-0.25, -0.2) is 4.79 Å². The molecule has 1 aromatic heterocycles. The van der Waals surface area contributed by atoms with Crippen LogP contribution in [0.4, 0.5) is 0 Å². The first-order valence-electron chi connectivity index (χ1n) is 7.33. The highest BCUT2D eigenvalue weighted by Crippen LogP contribution is 2.32. The highest BCUT2D eigenvalue weighted by Gasteiger charge is 2.31. The minimum absolute atomic E-state index is 0.108. The first-order chi connectivity index (χ1) is 11.2. The standard InChI is InChI=1S/C17H20N2O4S/c1-10-13(11-8-6-7-9-12(11)16(20)22-5)14(23-19-10)15(18)24(21)17(2,3)4/h6-9,18H,1-5H3/t24-/m1/s1. The summed E-state index contributed by atoms with van der Waals surface area (Å²) in [4.78, 5) is 12.0. The van der Waals surface area contributed by atoms with E-state index in [9.17, 15) is 9.00 Å². The summed E-state index contributed by atoms with van der Waals surface area (Å²) in [6, 6.07) is 6.84. The number of benzene rings is 1. The normalized spacial score (nSPS) is 12.7. The number of methoxy groups -OCH3 is 1. The second-order valence-corrected chi connectivity index (χ2v) is 8.39. The van der Waals surface area contributed by atoms with Gasteiger partial charge in [-0.05, 0) is 33.8 Å². The third-order valence-electron chi connectivity index (χ3n) is 3.41. The van der Waals surface area contributed by atoms with Gasteiger partial charge in [-0.15, -0.1) is 0 Å². The number of carbonyl (C=O) groups excluding carboxylic acids is 1. The number of hydrogen-bond acceptors (Lipinski definition) is 6. The maximum absolute atomic E-state index is 12.5. The molecule has 2 rings (SSSR count). The van der Waals surface area contributed by atoms with Crippen molar-refractivity contribution >= 4 is 21.8 Å². The zero-order valence-electron chi connectivity index (χ0n) is 14.3.